The molecular weight excluding hydrogens is 701 g/mol. The molecule has 266 valence electrons. The van der Waals surface area contributed by atoms with Crippen molar-refractivity contribution < 1.29 is 8.83 Å². The highest BCUT2D eigenvalue weighted by Gasteiger charge is 2.20. The first kappa shape index (κ1) is 31.5. The molecule has 0 N–H and O–H groups in total. The molecule has 12 rings (SSSR count). The van der Waals surface area contributed by atoms with E-state index in [4.69, 9.17) is 23.8 Å². The highest BCUT2D eigenvalue weighted by atomic mass is 16.3. The summed E-state index contributed by atoms with van der Waals surface area (Å²) in [6.45, 7) is 0. The quantitative estimate of drug-likeness (QED) is 0.176. The zero-order chi connectivity index (χ0) is 37.5. The lowest BCUT2D eigenvalue weighted by Crippen LogP contribution is -2.00. The van der Waals surface area contributed by atoms with E-state index in [-0.39, 0.29) is 0 Å². The topological polar surface area (TPSA) is 69.9 Å². The van der Waals surface area contributed by atoms with Crippen LogP contribution in [0.2, 0.25) is 0 Å². The Morgan fingerprint density at radius 3 is 1.51 bits per heavy atom. The summed E-state index contributed by atoms with van der Waals surface area (Å²) in [4.78, 5) is 15.1. The molecule has 0 amide bonds. The number of furan rings is 2. The second kappa shape index (κ2) is 12.3. The molecule has 0 saturated heterocycles. The molecule has 0 atom stereocenters. The van der Waals surface area contributed by atoms with E-state index in [1.807, 2.05) is 54.6 Å². The Morgan fingerprint density at radius 1 is 0.316 bits per heavy atom. The van der Waals surface area contributed by atoms with Crippen molar-refractivity contribution in [3.8, 4) is 51.0 Å². The highest BCUT2D eigenvalue weighted by Crippen LogP contribution is 2.40. The van der Waals surface area contributed by atoms with Crippen LogP contribution in [0.4, 0.5) is 0 Å². The summed E-state index contributed by atoms with van der Waals surface area (Å²) in [5.74, 6) is 1.71. The number of hydrogen-bond donors (Lipinski definition) is 0. The van der Waals surface area contributed by atoms with Crippen LogP contribution in [0.25, 0.3) is 117 Å². The van der Waals surface area contributed by atoms with Gasteiger partial charge in [-0.1, -0.05) is 127 Å². The third-order valence-corrected chi connectivity index (χ3v) is 11.1. The van der Waals surface area contributed by atoms with Crippen LogP contribution < -0.4 is 0 Å². The minimum atomic E-state index is 0.557. The number of benzene rings is 8. The number of rotatable bonds is 5. The second-order valence-corrected chi connectivity index (χ2v) is 14.4. The fourth-order valence-corrected chi connectivity index (χ4v) is 8.36. The maximum Gasteiger partial charge on any atom is 0.164 e. The van der Waals surface area contributed by atoms with E-state index >= 15 is 0 Å². The van der Waals surface area contributed by atoms with Gasteiger partial charge in [-0.3, -0.25) is 0 Å². The Hall–Kier alpha value is -7.83. The van der Waals surface area contributed by atoms with Gasteiger partial charge >= 0.3 is 0 Å². The predicted molar refractivity (Wildman–Crippen MR) is 230 cm³/mol. The van der Waals surface area contributed by atoms with Crippen molar-refractivity contribution in [2.45, 2.75) is 0 Å². The molecule has 0 radical (unpaired) electrons. The molecule has 0 fully saturated rings. The largest absolute Gasteiger partial charge is 0.456 e. The van der Waals surface area contributed by atoms with Gasteiger partial charge in [0.15, 0.2) is 23.1 Å². The first-order valence-corrected chi connectivity index (χ1v) is 19.0. The number of nitrogens with zero attached hydrogens (tertiary/aromatic N) is 4. The van der Waals surface area contributed by atoms with Gasteiger partial charge in [0.25, 0.3) is 0 Å². The van der Waals surface area contributed by atoms with Gasteiger partial charge in [0.1, 0.15) is 16.7 Å². The first-order valence-electron chi connectivity index (χ1n) is 19.0. The molecule has 12 aromatic rings. The minimum absolute atomic E-state index is 0.557. The van der Waals surface area contributed by atoms with Crippen molar-refractivity contribution in [3.05, 3.63) is 182 Å². The van der Waals surface area contributed by atoms with Crippen LogP contribution in [0, 0.1) is 0 Å². The first-order chi connectivity index (χ1) is 28.2. The molecule has 6 nitrogen and oxygen atoms in total. The normalized spacial score (nSPS) is 11.9. The van der Waals surface area contributed by atoms with Gasteiger partial charge in [-0.15, -0.1) is 0 Å². The molecule has 8 aromatic carbocycles. The molecule has 4 heterocycles. The maximum absolute atomic E-state index is 6.81. The van der Waals surface area contributed by atoms with Crippen molar-refractivity contribution >= 4 is 65.7 Å². The Labute approximate surface area is 325 Å². The van der Waals surface area contributed by atoms with Crippen LogP contribution in [-0.2, 0) is 0 Å². The Bertz CT molecular complexity index is 3470. The molecule has 0 unspecified atom stereocenters. The standard InChI is InChI=1S/C51H30N4O2/c1-3-12-31(13-4-1)33-24-27-45-41(28-33)39-26-23-34(29-46(39)56-45)50-52-49(32-14-5-2-6-15-32)53-51(54-50)35-22-25-38-40-18-11-21-44(48(40)57-47(38)30-35)55-42-19-9-7-16-36(42)37-17-8-10-20-43(37)55/h1-30H. The van der Waals surface area contributed by atoms with Crippen LogP contribution in [-0.4, -0.2) is 19.5 Å². The lowest BCUT2D eigenvalue weighted by atomic mass is 10.0. The monoisotopic (exact) mass is 730 g/mol. The van der Waals surface area contributed by atoms with Gasteiger partial charge in [-0.25, -0.2) is 15.0 Å². The summed E-state index contributed by atoms with van der Waals surface area (Å²) < 4.78 is 15.5. The number of aromatic nitrogens is 4. The minimum Gasteiger partial charge on any atom is -0.456 e. The molecule has 57 heavy (non-hydrogen) atoms. The summed E-state index contributed by atoms with van der Waals surface area (Å²) in [5.41, 5.74) is 11.4. The maximum atomic E-state index is 6.81. The lowest BCUT2D eigenvalue weighted by molar-refractivity contribution is 0.666. The van der Waals surface area contributed by atoms with E-state index in [1.165, 1.54) is 16.3 Å². The Kier molecular flexibility index (Phi) is 6.83. The number of hydrogen-bond acceptors (Lipinski definition) is 5. The fourth-order valence-electron chi connectivity index (χ4n) is 8.36. The average molecular weight is 731 g/mol. The Morgan fingerprint density at radius 2 is 0.842 bits per heavy atom. The van der Waals surface area contributed by atoms with E-state index in [0.29, 0.717) is 17.5 Å². The van der Waals surface area contributed by atoms with Crippen molar-refractivity contribution in [1.29, 1.82) is 0 Å². The highest BCUT2D eigenvalue weighted by molar-refractivity contribution is 6.13. The van der Waals surface area contributed by atoms with Crippen molar-refractivity contribution in [2.24, 2.45) is 0 Å². The van der Waals surface area contributed by atoms with E-state index < -0.39 is 0 Å². The molecule has 0 saturated carbocycles. The molecule has 0 aliphatic carbocycles. The van der Waals surface area contributed by atoms with Crippen LogP contribution in [0.5, 0.6) is 0 Å². The molecule has 4 aromatic heterocycles. The third-order valence-electron chi connectivity index (χ3n) is 11.1. The van der Waals surface area contributed by atoms with Gasteiger partial charge in [0.2, 0.25) is 0 Å². The molecular formula is C51H30N4O2. The average Bonchev–Trinajstić information content (AvgIpc) is 3.95. The van der Waals surface area contributed by atoms with E-state index in [1.54, 1.807) is 0 Å². The van der Waals surface area contributed by atoms with E-state index in [0.717, 1.165) is 82.9 Å². The van der Waals surface area contributed by atoms with Crippen LogP contribution in [0.1, 0.15) is 0 Å². The van der Waals surface area contributed by atoms with Crippen molar-refractivity contribution in [1.82, 2.24) is 19.5 Å². The van der Waals surface area contributed by atoms with Gasteiger partial charge in [0, 0.05) is 49.0 Å². The molecule has 0 spiro atoms. The predicted octanol–water partition coefficient (Wildman–Crippen LogP) is 13.4. The van der Waals surface area contributed by atoms with Crippen LogP contribution in [0.3, 0.4) is 0 Å². The molecule has 0 aliphatic rings. The van der Waals surface area contributed by atoms with Crippen LogP contribution >= 0.6 is 0 Å². The van der Waals surface area contributed by atoms with E-state index in [2.05, 4.69) is 132 Å². The third kappa shape index (κ3) is 5.01. The zero-order valence-corrected chi connectivity index (χ0v) is 30.4. The van der Waals surface area contributed by atoms with Crippen molar-refractivity contribution in [3.63, 3.8) is 0 Å². The molecule has 0 aliphatic heterocycles. The van der Waals surface area contributed by atoms with Crippen LogP contribution in [0.15, 0.2) is 191 Å². The summed E-state index contributed by atoms with van der Waals surface area (Å²) >= 11 is 0. The Balaban J connectivity index is 1.00. The van der Waals surface area contributed by atoms with Crippen molar-refractivity contribution in [2.75, 3.05) is 0 Å². The molecule has 0 bridgehead atoms. The second-order valence-electron chi connectivity index (χ2n) is 14.4. The summed E-state index contributed by atoms with van der Waals surface area (Å²) in [6.07, 6.45) is 0. The number of fused-ring (bicyclic) bond motifs is 9. The van der Waals surface area contributed by atoms with Gasteiger partial charge in [-0.2, -0.15) is 0 Å². The number of para-hydroxylation sites is 3. The summed E-state index contributed by atoms with van der Waals surface area (Å²) in [6, 6.07) is 62.7. The van der Waals surface area contributed by atoms with Gasteiger partial charge in [-0.05, 0) is 65.7 Å². The van der Waals surface area contributed by atoms with E-state index in [9.17, 15) is 0 Å². The summed E-state index contributed by atoms with van der Waals surface area (Å²) in [5, 5.41) is 6.60. The smallest absolute Gasteiger partial charge is 0.164 e. The fraction of sp³-hybridized carbons (Fsp3) is 0. The summed E-state index contributed by atoms with van der Waals surface area (Å²) in [7, 11) is 0. The van der Waals surface area contributed by atoms with Gasteiger partial charge in [0.05, 0.1) is 16.7 Å². The van der Waals surface area contributed by atoms with Gasteiger partial charge < -0.3 is 13.4 Å². The lowest BCUT2D eigenvalue weighted by Gasteiger charge is -2.08. The zero-order valence-electron chi connectivity index (χ0n) is 30.4. The SMILES string of the molecule is c1ccc(-c2ccc3oc4cc(-c5nc(-c6ccccc6)nc(-c6ccc7c(c6)oc6c(-n8c9ccccc9c9ccccc98)cccc67)n5)ccc4c3c2)cc1. The molecule has 6 heteroatoms.